The maximum atomic E-state index is 14.1. The lowest BCUT2D eigenvalue weighted by Gasteiger charge is -2.45. The van der Waals surface area contributed by atoms with E-state index in [9.17, 15) is 4.39 Å². The van der Waals surface area contributed by atoms with Gasteiger partial charge < -0.3 is 4.90 Å². The Labute approximate surface area is 119 Å². The minimum absolute atomic E-state index is 0.158. The van der Waals surface area contributed by atoms with Gasteiger partial charge in [0.05, 0.1) is 5.69 Å². The molecule has 0 N–H and O–H groups in total. The summed E-state index contributed by atoms with van der Waals surface area (Å²) < 4.78 is 14.1. The minimum Gasteiger partial charge on any atom is -0.363 e. The van der Waals surface area contributed by atoms with Gasteiger partial charge in [-0.15, -0.1) is 0 Å². The van der Waals surface area contributed by atoms with Crippen molar-refractivity contribution < 1.29 is 4.39 Å². The highest BCUT2D eigenvalue weighted by molar-refractivity contribution is 6.30. The molecule has 2 atom stereocenters. The molecule has 0 saturated carbocycles. The molecule has 2 fully saturated rings. The number of hydrogen-bond donors (Lipinski definition) is 0. The van der Waals surface area contributed by atoms with Crippen molar-refractivity contribution in [3.63, 3.8) is 0 Å². The smallest absolute Gasteiger partial charge is 0.146 e. The Morgan fingerprint density at radius 3 is 3.00 bits per heavy atom. The lowest BCUT2D eigenvalue weighted by Crippen LogP contribution is -2.56. The zero-order chi connectivity index (χ0) is 13.4. The molecular formula is C15H20ClFN2. The first-order chi connectivity index (χ1) is 9.19. The lowest BCUT2D eigenvalue weighted by molar-refractivity contribution is 0.194. The van der Waals surface area contributed by atoms with E-state index < -0.39 is 0 Å². The molecule has 2 saturated heterocycles. The molecule has 104 valence electrons. The second-order valence-electron chi connectivity index (χ2n) is 5.60. The molecule has 2 unspecified atom stereocenters. The second kappa shape index (κ2) is 5.29. The zero-order valence-corrected chi connectivity index (χ0v) is 12.0. The number of anilines is 1. The number of fused-ring (bicyclic) bond motifs is 1. The second-order valence-corrected chi connectivity index (χ2v) is 6.04. The molecule has 19 heavy (non-hydrogen) atoms. The van der Waals surface area contributed by atoms with Crippen molar-refractivity contribution in [2.45, 2.75) is 38.3 Å². The number of nitrogens with zero attached hydrogens (tertiary/aromatic N) is 2. The van der Waals surface area contributed by atoms with E-state index in [0.29, 0.717) is 22.8 Å². The van der Waals surface area contributed by atoms with E-state index in [1.165, 1.54) is 25.5 Å². The highest BCUT2D eigenvalue weighted by Crippen LogP contribution is 2.32. The number of halogens is 2. The number of rotatable bonds is 2. The Balaban J connectivity index is 1.90. The third-order valence-electron chi connectivity index (χ3n) is 4.48. The summed E-state index contributed by atoms with van der Waals surface area (Å²) in [6.07, 6.45) is 3.54. The Hall–Kier alpha value is -0.800. The molecule has 2 heterocycles. The molecule has 0 aromatic heterocycles. The fraction of sp³-hybridized carbons (Fsp3) is 0.600. The summed E-state index contributed by atoms with van der Waals surface area (Å²) >= 11 is 6.03. The van der Waals surface area contributed by atoms with Crippen molar-refractivity contribution in [1.82, 2.24) is 4.90 Å². The first kappa shape index (κ1) is 13.2. The molecule has 0 radical (unpaired) electrons. The van der Waals surface area contributed by atoms with Gasteiger partial charge in [0.2, 0.25) is 0 Å². The van der Waals surface area contributed by atoms with Crippen LogP contribution >= 0.6 is 11.6 Å². The molecule has 2 aliphatic rings. The van der Waals surface area contributed by atoms with Crippen molar-refractivity contribution in [3.05, 3.63) is 29.0 Å². The maximum absolute atomic E-state index is 14.1. The quantitative estimate of drug-likeness (QED) is 0.819. The van der Waals surface area contributed by atoms with Gasteiger partial charge in [-0.25, -0.2) is 4.39 Å². The minimum atomic E-state index is -0.158. The fourth-order valence-corrected chi connectivity index (χ4v) is 3.60. The molecule has 4 heteroatoms. The van der Waals surface area contributed by atoms with Gasteiger partial charge in [0, 0.05) is 30.2 Å². The van der Waals surface area contributed by atoms with E-state index in [1.54, 1.807) is 12.1 Å². The summed E-state index contributed by atoms with van der Waals surface area (Å²) in [5.74, 6) is -0.158. The summed E-state index contributed by atoms with van der Waals surface area (Å²) in [6, 6.07) is 5.84. The molecule has 0 aliphatic carbocycles. The molecule has 2 nitrogen and oxygen atoms in total. The van der Waals surface area contributed by atoms with Crippen LogP contribution < -0.4 is 4.90 Å². The van der Waals surface area contributed by atoms with Crippen LogP contribution in [0.15, 0.2) is 18.2 Å². The van der Waals surface area contributed by atoms with Crippen LogP contribution in [0.25, 0.3) is 0 Å². The van der Waals surface area contributed by atoms with Crippen LogP contribution in [0.4, 0.5) is 10.1 Å². The van der Waals surface area contributed by atoms with Gasteiger partial charge in [0.25, 0.3) is 0 Å². The summed E-state index contributed by atoms with van der Waals surface area (Å²) in [6.45, 7) is 5.35. The lowest BCUT2D eigenvalue weighted by atomic mass is 10.0. The van der Waals surface area contributed by atoms with Crippen LogP contribution in [-0.2, 0) is 0 Å². The van der Waals surface area contributed by atoms with Crippen molar-refractivity contribution >= 4 is 17.3 Å². The van der Waals surface area contributed by atoms with E-state index >= 15 is 0 Å². The normalized spacial score (nSPS) is 27.6. The third kappa shape index (κ3) is 2.46. The summed E-state index contributed by atoms with van der Waals surface area (Å²) in [5, 5.41) is 0.611. The van der Waals surface area contributed by atoms with Crippen LogP contribution in [0, 0.1) is 5.82 Å². The summed E-state index contributed by atoms with van der Waals surface area (Å²) in [4.78, 5) is 4.79. The first-order valence-electron chi connectivity index (χ1n) is 7.14. The molecule has 0 amide bonds. The number of piperazine rings is 1. The molecular weight excluding hydrogens is 263 g/mol. The van der Waals surface area contributed by atoms with Gasteiger partial charge in [-0.3, -0.25) is 4.90 Å². The Morgan fingerprint density at radius 1 is 1.37 bits per heavy atom. The molecule has 1 aromatic rings. The van der Waals surface area contributed by atoms with Crippen LogP contribution in [0.2, 0.25) is 5.02 Å². The highest BCUT2D eigenvalue weighted by Gasteiger charge is 2.36. The average Bonchev–Trinajstić information content (AvgIpc) is 2.87. The molecule has 0 spiro atoms. The van der Waals surface area contributed by atoms with E-state index in [4.69, 9.17) is 11.6 Å². The van der Waals surface area contributed by atoms with Crippen LogP contribution in [0.5, 0.6) is 0 Å². The van der Waals surface area contributed by atoms with E-state index in [0.717, 1.165) is 19.5 Å². The van der Waals surface area contributed by atoms with Gasteiger partial charge in [-0.1, -0.05) is 18.5 Å². The largest absolute Gasteiger partial charge is 0.363 e. The topological polar surface area (TPSA) is 6.48 Å². The number of hydrogen-bond acceptors (Lipinski definition) is 2. The fourth-order valence-electron chi connectivity index (χ4n) is 3.44. The molecule has 2 aliphatic heterocycles. The van der Waals surface area contributed by atoms with Crippen LogP contribution in [0.3, 0.4) is 0 Å². The van der Waals surface area contributed by atoms with E-state index in [2.05, 4.69) is 16.7 Å². The van der Waals surface area contributed by atoms with Crippen molar-refractivity contribution in [3.8, 4) is 0 Å². The van der Waals surface area contributed by atoms with Gasteiger partial charge in [0.1, 0.15) is 5.82 Å². The maximum Gasteiger partial charge on any atom is 0.146 e. The summed E-state index contributed by atoms with van der Waals surface area (Å²) in [7, 11) is 0. The third-order valence-corrected chi connectivity index (χ3v) is 4.72. The molecule has 3 rings (SSSR count). The van der Waals surface area contributed by atoms with Gasteiger partial charge in [-0.05, 0) is 44.0 Å². The Morgan fingerprint density at radius 2 is 2.21 bits per heavy atom. The van der Waals surface area contributed by atoms with E-state index in [-0.39, 0.29) is 5.82 Å². The number of benzene rings is 1. The van der Waals surface area contributed by atoms with Crippen molar-refractivity contribution in [2.75, 3.05) is 24.5 Å². The standard InChI is InChI=1S/C15H20ClFN2/c1-2-12-9-18-7-3-4-13(18)10-19(12)15-8-11(16)5-6-14(15)17/h5-6,8,12-13H,2-4,7,9-10H2,1H3. The van der Waals surface area contributed by atoms with Crippen LogP contribution in [0.1, 0.15) is 26.2 Å². The van der Waals surface area contributed by atoms with Crippen molar-refractivity contribution in [2.24, 2.45) is 0 Å². The average molecular weight is 283 g/mol. The first-order valence-corrected chi connectivity index (χ1v) is 7.52. The zero-order valence-electron chi connectivity index (χ0n) is 11.3. The predicted molar refractivity (Wildman–Crippen MR) is 77.4 cm³/mol. The Bertz CT molecular complexity index is 465. The van der Waals surface area contributed by atoms with Gasteiger partial charge in [0.15, 0.2) is 0 Å². The SMILES string of the molecule is CCC1CN2CCCC2CN1c1cc(Cl)ccc1F. The molecule has 1 aromatic carbocycles. The van der Waals surface area contributed by atoms with Gasteiger partial charge >= 0.3 is 0 Å². The Kier molecular flexibility index (Phi) is 3.68. The predicted octanol–water partition coefficient (Wildman–Crippen LogP) is 3.54. The van der Waals surface area contributed by atoms with E-state index in [1.807, 2.05) is 0 Å². The van der Waals surface area contributed by atoms with Crippen LogP contribution in [-0.4, -0.2) is 36.6 Å². The monoisotopic (exact) mass is 282 g/mol. The summed E-state index contributed by atoms with van der Waals surface area (Å²) in [5.41, 5.74) is 0.672. The van der Waals surface area contributed by atoms with Crippen molar-refractivity contribution in [1.29, 1.82) is 0 Å². The highest BCUT2D eigenvalue weighted by atomic mass is 35.5. The van der Waals surface area contributed by atoms with Gasteiger partial charge in [-0.2, -0.15) is 0 Å². The molecule has 0 bridgehead atoms.